The van der Waals surface area contributed by atoms with Crippen molar-refractivity contribution in [2.24, 2.45) is 0 Å². The van der Waals surface area contributed by atoms with Crippen LogP contribution in [0.4, 0.5) is 11.5 Å². The summed E-state index contributed by atoms with van der Waals surface area (Å²) in [5.74, 6) is 1.95. The third kappa shape index (κ3) is 6.21. The summed E-state index contributed by atoms with van der Waals surface area (Å²) in [6.45, 7) is 4.68. The second kappa shape index (κ2) is 11.2. The van der Waals surface area contributed by atoms with Gasteiger partial charge in [0.2, 0.25) is 0 Å². The fourth-order valence-electron chi connectivity index (χ4n) is 3.68. The maximum Gasteiger partial charge on any atom is 0.164 e. The number of nitrogens with zero attached hydrogens (tertiary/aromatic N) is 3. The number of benzene rings is 3. The van der Waals surface area contributed by atoms with Gasteiger partial charge in [-0.15, -0.1) is 0 Å². The lowest BCUT2D eigenvalue weighted by Gasteiger charge is -2.15. The molecule has 0 amide bonds. The van der Waals surface area contributed by atoms with Crippen molar-refractivity contribution in [1.82, 2.24) is 15.0 Å². The average Bonchev–Trinajstić information content (AvgIpc) is 2.90. The van der Waals surface area contributed by atoms with Crippen LogP contribution in [0.3, 0.4) is 0 Å². The fourth-order valence-corrected chi connectivity index (χ4v) is 4.83. The predicted molar refractivity (Wildman–Crippen MR) is 152 cm³/mol. The van der Waals surface area contributed by atoms with Crippen molar-refractivity contribution in [1.29, 1.82) is 0 Å². The molecule has 8 heteroatoms. The molecule has 0 aliphatic heterocycles. The van der Waals surface area contributed by atoms with E-state index in [4.69, 9.17) is 9.72 Å². The molecule has 0 aliphatic rings. The smallest absolute Gasteiger partial charge is 0.164 e. The zero-order chi connectivity index (χ0) is 25.8. The number of ether oxygens (including phenoxy) is 1. The molecule has 6 nitrogen and oxygen atoms in total. The van der Waals surface area contributed by atoms with Crippen molar-refractivity contribution < 1.29 is 9.84 Å². The molecule has 0 unspecified atom stereocenters. The van der Waals surface area contributed by atoms with Crippen molar-refractivity contribution in [3.05, 3.63) is 101 Å². The van der Waals surface area contributed by atoms with E-state index in [1.807, 2.05) is 66.7 Å². The number of rotatable bonds is 8. The third-order valence-electron chi connectivity index (χ3n) is 5.70. The lowest BCUT2D eigenvalue weighted by molar-refractivity contribution is 0.306. The van der Waals surface area contributed by atoms with Crippen LogP contribution in [-0.2, 0) is 6.61 Å². The van der Waals surface area contributed by atoms with Gasteiger partial charge in [-0.2, -0.15) is 0 Å². The van der Waals surface area contributed by atoms with Gasteiger partial charge in [-0.3, -0.25) is 0 Å². The summed E-state index contributed by atoms with van der Waals surface area (Å²) >= 11 is 5.05. The summed E-state index contributed by atoms with van der Waals surface area (Å²) < 4.78 is 7.15. The molecule has 0 aliphatic carbocycles. The van der Waals surface area contributed by atoms with Gasteiger partial charge in [0.25, 0.3) is 0 Å². The fraction of sp³-hybridized carbons (Fsp3) is 0.138. The number of hydrogen-bond acceptors (Lipinski definition) is 7. The molecule has 0 saturated heterocycles. The number of nitrogens with one attached hydrogen (secondary N) is 1. The summed E-state index contributed by atoms with van der Waals surface area (Å²) in [5, 5.41) is 14.0. The number of phenols is 1. The highest BCUT2D eigenvalue weighted by Gasteiger charge is 2.13. The highest BCUT2D eigenvalue weighted by atomic mass is 79.9. The Morgan fingerprint density at radius 2 is 1.73 bits per heavy atom. The van der Waals surface area contributed by atoms with E-state index in [1.54, 1.807) is 23.9 Å². The summed E-state index contributed by atoms with van der Waals surface area (Å²) in [7, 11) is 0. The number of pyridine rings is 1. The number of halogens is 1. The molecular formula is C29H25BrN4O2S. The largest absolute Gasteiger partial charge is 0.508 e. The van der Waals surface area contributed by atoms with Gasteiger partial charge >= 0.3 is 0 Å². The van der Waals surface area contributed by atoms with Gasteiger partial charge in [-0.1, -0.05) is 53.7 Å². The molecule has 0 bridgehead atoms. The van der Waals surface area contributed by atoms with E-state index in [9.17, 15) is 5.11 Å². The lowest BCUT2D eigenvalue weighted by Crippen LogP contribution is -2.01. The molecule has 2 heterocycles. The SMILES string of the molecule is CC(C)c1ccc2c(Nc3cc(OCc4ccc(Br)cc4)ccc3Sc3ccc(O)cc3)ncnc2n1. The van der Waals surface area contributed by atoms with E-state index in [2.05, 4.69) is 45.1 Å². The van der Waals surface area contributed by atoms with Gasteiger partial charge < -0.3 is 15.2 Å². The molecule has 0 fully saturated rings. The lowest BCUT2D eigenvalue weighted by atomic mass is 10.1. The Morgan fingerprint density at radius 3 is 2.49 bits per heavy atom. The van der Waals surface area contributed by atoms with Crippen LogP contribution in [0.5, 0.6) is 11.5 Å². The molecule has 0 saturated carbocycles. The maximum absolute atomic E-state index is 9.67. The van der Waals surface area contributed by atoms with Crippen LogP contribution >= 0.6 is 27.7 Å². The first-order chi connectivity index (χ1) is 17.9. The van der Waals surface area contributed by atoms with Gasteiger partial charge in [0, 0.05) is 26.0 Å². The first-order valence-corrected chi connectivity index (χ1v) is 13.4. The van der Waals surface area contributed by atoms with Gasteiger partial charge in [-0.25, -0.2) is 15.0 Å². The van der Waals surface area contributed by atoms with Crippen LogP contribution in [0.15, 0.2) is 99.5 Å². The zero-order valence-corrected chi connectivity index (χ0v) is 22.8. The van der Waals surface area contributed by atoms with E-state index >= 15 is 0 Å². The van der Waals surface area contributed by atoms with Crippen LogP contribution in [-0.4, -0.2) is 20.1 Å². The minimum atomic E-state index is 0.236. The Balaban J connectivity index is 1.47. The van der Waals surface area contributed by atoms with Crippen LogP contribution in [0.1, 0.15) is 31.0 Å². The molecule has 5 rings (SSSR count). The van der Waals surface area contributed by atoms with Crippen molar-refractivity contribution in [3.8, 4) is 11.5 Å². The summed E-state index contributed by atoms with van der Waals surface area (Å²) in [5.41, 5.74) is 3.57. The molecule has 0 radical (unpaired) electrons. The van der Waals surface area contributed by atoms with E-state index in [0.29, 0.717) is 24.0 Å². The zero-order valence-electron chi connectivity index (χ0n) is 20.4. The molecule has 5 aromatic rings. The molecule has 0 spiro atoms. The molecule has 2 aromatic heterocycles. The summed E-state index contributed by atoms with van der Waals surface area (Å²) in [4.78, 5) is 15.6. The van der Waals surface area contributed by atoms with Crippen LogP contribution in [0.2, 0.25) is 0 Å². The molecule has 37 heavy (non-hydrogen) atoms. The van der Waals surface area contributed by atoms with Gasteiger partial charge in [0.1, 0.15) is 30.3 Å². The summed E-state index contributed by atoms with van der Waals surface area (Å²) in [6.07, 6.45) is 1.53. The first kappa shape index (κ1) is 25.0. The number of fused-ring (bicyclic) bond motifs is 1. The molecular weight excluding hydrogens is 548 g/mol. The van der Waals surface area contributed by atoms with Gasteiger partial charge in [0.15, 0.2) is 5.65 Å². The van der Waals surface area contributed by atoms with E-state index < -0.39 is 0 Å². The van der Waals surface area contributed by atoms with Crippen molar-refractivity contribution in [2.45, 2.75) is 36.2 Å². The Hall–Kier alpha value is -3.62. The minimum Gasteiger partial charge on any atom is -0.508 e. The number of aromatic hydroxyl groups is 1. The predicted octanol–water partition coefficient (Wildman–Crippen LogP) is 8.09. The van der Waals surface area contributed by atoms with E-state index in [0.717, 1.165) is 42.3 Å². The Labute approximate surface area is 228 Å². The molecule has 3 aromatic carbocycles. The minimum absolute atomic E-state index is 0.236. The topological polar surface area (TPSA) is 80.2 Å². The van der Waals surface area contributed by atoms with Gasteiger partial charge in [-0.05, 0) is 72.1 Å². The van der Waals surface area contributed by atoms with Crippen molar-refractivity contribution in [2.75, 3.05) is 5.32 Å². The van der Waals surface area contributed by atoms with Crippen LogP contribution in [0.25, 0.3) is 11.0 Å². The van der Waals surface area contributed by atoms with Gasteiger partial charge in [0.05, 0.1) is 11.1 Å². The Morgan fingerprint density at radius 1 is 0.946 bits per heavy atom. The maximum atomic E-state index is 9.67. The standard InChI is InChI=1S/C29H25BrN4O2S/c1-18(2)25-13-12-24-28(33-25)31-17-32-29(24)34-26-15-22(36-16-19-3-5-20(30)6-4-19)9-14-27(26)37-23-10-7-21(35)8-11-23/h3-15,17-18,35H,16H2,1-2H3,(H,31,32,33,34). The number of hydrogen-bond donors (Lipinski definition) is 2. The third-order valence-corrected chi connectivity index (χ3v) is 7.31. The quantitative estimate of drug-likeness (QED) is 0.194. The second-order valence-corrected chi connectivity index (χ2v) is 10.8. The Bertz CT molecular complexity index is 1530. The first-order valence-electron chi connectivity index (χ1n) is 11.8. The second-order valence-electron chi connectivity index (χ2n) is 8.78. The van der Waals surface area contributed by atoms with Crippen molar-refractivity contribution in [3.63, 3.8) is 0 Å². The number of aromatic nitrogens is 3. The Kier molecular flexibility index (Phi) is 7.58. The normalized spacial score (nSPS) is 11.1. The van der Waals surface area contributed by atoms with E-state index in [1.165, 1.54) is 6.33 Å². The van der Waals surface area contributed by atoms with Crippen LogP contribution < -0.4 is 10.1 Å². The van der Waals surface area contributed by atoms with Crippen LogP contribution in [0, 0.1) is 0 Å². The molecule has 0 atom stereocenters. The monoisotopic (exact) mass is 572 g/mol. The van der Waals surface area contributed by atoms with E-state index in [-0.39, 0.29) is 5.75 Å². The molecule has 186 valence electrons. The summed E-state index contributed by atoms with van der Waals surface area (Å²) in [6, 6.07) is 25.2. The highest BCUT2D eigenvalue weighted by Crippen LogP contribution is 2.38. The molecule has 2 N–H and O–H groups in total. The van der Waals surface area contributed by atoms with Crippen molar-refractivity contribution >= 4 is 50.2 Å². The highest BCUT2D eigenvalue weighted by molar-refractivity contribution is 9.10. The number of phenolic OH excluding ortho intramolecular Hbond substituents is 1. The number of anilines is 2. The average molecular weight is 574 g/mol.